The highest BCUT2D eigenvalue weighted by Crippen LogP contribution is 1.95. The number of unbranched alkanes of at least 4 members (excludes halogenated alkanes) is 1. The summed E-state index contributed by atoms with van der Waals surface area (Å²) in [7, 11) is 0. The van der Waals surface area contributed by atoms with Crippen molar-refractivity contribution >= 4 is 11.8 Å². The third-order valence-corrected chi connectivity index (χ3v) is 1.82. The molecule has 0 aliphatic rings. The highest BCUT2D eigenvalue weighted by atomic mass is 16.2. The SMILES string of the molecule is CCCCNC(=O)CCCC(=O)NN. The Hall–Kier alpha value is -1.10. The minimum absolute atomic E-state index is 0.00303. The standard InChI is InChI=1S/C9H19N3O2/c1-2-3-7-11-8(13)5-4-6-9(14)12-10/h2-7,10H2,1H3,(H,11,13)(H,12,14). The van der Waals surface area contributed by atoms with Gasteiger partial charge in [-0.2, -0.15) is 0 Å². The van der Waals surface area contributed by atoms with Crippen LogP contribution < -0.4 is 16.6 Å². The minimum Gasteiger partial charge on any atom is -0.356 e. The molecule has 0 bridgehead atoms. The van der Waals surface area contributed by atoms with E-state index in [2.05, 4.69) is 12.2 Å². The summed E-state index contributed by atoms with van der Waals surface area (Å²) in [5.74, 6) is 4.66. The fourth-order valence-corrected chi connectivity index (χ4v) is 0.975. The Bertz CT molecular complexity index is 183. The average Bonchev–Trinajstić information content (AvgIpc) is 2.18. The largest absolute Gasteiger partial charge is 0.356 e. The van der Waals surface area contributed by atoms with Gasteiger partial charge in [-0.15, -0.1) is 0 Å². The zero-order chi connectivity index (χ0) is 10.8. The number of nitrogens with one attached hydrogen (secondary N) is 2. The van der Waals surface area contributed by atoms with Gasteiger partial charge in [0.15, 0.2) is 0 Å². The molecule has 5 nitrogen and oxygen atoms in total. The van der Waals surface area contributed by atoms with Crippen LogP contribution in [0.1, 0.15) is 39.0 Å². The van der Waals surface area contributed by atoms with E-state index < -0.39 is 0 Å². The van der Waals surface area contributed by atoms with Gasteiger partial charge in [0.2, 0.25) is 11.8 Å². The third-order valence-electron chi connectivity index (χ3n) is 1.82. The lowest BCUT2D eigenvalue weighted by Crippen LogP contribution is -2.30. The zero-order valence-electron chi connectivity index (χ0n) is 8.64. The van der Waals surface area contributed by atoms with Crippen LogP contribution in [0.15, 0.2) is 0 Å². The number of carbonyl (C=O) groups excluding carboxylic acids is 2. The minimum atomic E-state index is -0.230. The Kier molecular flexibility index (Phi) is 7.83. The van der Waals surface area contributed by atoms with Gasteiger partial charge in [-0.25, -0.2) is 5.84 Å². The molecule has 0 heterocycles. The van der Waals surface area contributed by atoms with Crippen molar-refractivity contribution < 1.29 is 9.59 Å². The maximum Gasteiger partial charge on any atom is 0.233 e. The van der Waals surface area contributed by atoms with Crippen LogP contribution in [0.2, 0.25) is 0 Å². The van der Waals surface area contributed by atoms with E-state index in [1.54, 1.807) is 0 Å². The van der Waals surface area contributed by atoms with Crippen LogP contribution in [0.25, 0.3) is 0 Å². The zero-order valence-corrected chi connectivity index (χ0v) is 8.64. The van der Waals surface area contributed by atoms with E-state index in [-0.39, 0.29) is 11.8 Å². The second-order valence-corrected chi connectivity index (χ2v) is 3.12. The predicted octanol–water partition coefficient (Wildman–Crippen LogP) is 0.0629. The summed E-state index contributed by atoms with van der Waals surface area (Å²) < 4.78 is 0. The van der Waals surface area contributed by atoms with Gasteiger partial charge in [0.1, 0.15) is 0 Å². The molecule has 2 amide bonds. The number of hydrogen-bond donors (Lipinski definition) is 3. The molecule has 0 saturated heterocycles. The number of amides is 2. The van der Waals surface area contributed by atoms with Gasteiger partial charge in [0.05, 0.1) is 0 Å². The number of nitrogens with two attached hydrogens (primary N) is 1. The molecule has 0 atom stereocenters. The first-order valence-corrected chi connectivity index (χ1v) is 4.96. The van der Waals surface area contributed by atoms with Crippen molar-refractivity contribution in [2.24, 2.45) is 5.84 Å². The molecule has 0 rings (SSSR count). The highest BCUT2D eigenvalue weighted by molar-refractivity contribution is 5.78. The Morgan fingerprint density at radius 2 is 1.79 bits per heavy atom. The molecular weight excluding hydrogens is 182 g/mol. The Morgan fingerprint density at radius 3 is 2.36 bits per heavy atom. The highest BCUT2D eigenvalue weighted by Gasteiger charge is 2.02. The molecule has 0 aliphatic carbocycles. The van der Waals surface area contributed by atoms with E-state index >= 15 is 0 Å². The van der Waals surface area contributed by atoms with Gasteiger partial charge in [-0.3, -0.25) is 15.0 Å². The van der Waals surface area contributed by atoms with Crippen LogP contribution in [0.5, 0.6) is 0 Å². The summed E-state index contributed by atoms with van der Waals surface area (Å²) in [6.45, 7) is 2.79. The fraction of sp³-hybridized carbons (Fsp3) is 0.778. The van der Waals surface area contributed by atoms with Crippen LogP contribution in [0, 0.1) is 0 Å². The second-order valence-electron chi connectivity index (χ2n) is 3.12. The topological polar surface area (TPSA) is 84.2 Å². The van der Waals surface area contributed by atoms with E-state index in [1.807, 2.05) is 5.43 Å². The molecule has 0 unspecified atom stereocenters. The van der Waals surface area contributed by atoms with Gasteiger partial charge < -0.3 is 5.32 Å². The lowest BCUT2D eigenvalue weighted by Gasteiger charge is -2.03. The molecule has 82 valence electrons. The van der Waals surface area contributed by atoms with Crippen molar-refractivity contribution in [3.05, 3.63) is 0 Å². The maximum atomic E-state index is 11.1. The van der Waals surface area contributed by atoms with E-state index in [4.69, 9.17) is 5.84 Å². The van der Waals surface area contributed by atoms with Crippen LogP contribution in [-0.2, 0) is 9.59 Å². The van der Waals surface area contributed by atoms with Crippen molar-refractivity contribution in [1.29, 1.82) is 0 Å². The van der Waals surface area contributed by atoms with Gasteiger partial charge in [-0.05, 0) is 12.8 Å². The Labute approximate surface area is 84.4 Å². The van der Waals surface area contributed by atoms with Gasteiger partial charge in [0.25, 0.3) is 0 Å². The molecule has 4 N–H and O–H groups in total. The van der Waals surface area contributed by atoms with E-state index in [0.717, 1.165) is 19.4 Å². The van der Waals surface area contributed by atoms with E-state index in [1.165, 1.54) is 0 Å². The first kappa shape index (κ1) is 12.9. The van der Waals surface area contributed by atoms with Gasteiger partial charge >= 0.3 is 0 Å². The van der Waals surface area contributed by atoms with Gasteiger partial charge in [0, 0.05) is 19.4 Å². The summed E-state index contributed by atoms with van der Waals surface area (Å²) in [5.41, 5.74) is 2.02. The van der Waals surface area contributed by atoms with Crippen molar-refractivity contribution in [2.75, 3.05) is 6.54 Å². The summed E-state index contributed by atoms with van der Waals surface area (Å²) in [6, 6.07) is 0. The first-order valence-electron chi connectivity index (χ1n) is 4.96. The molecule has 0 aromatic rings. The summed E-state index contributed by atoms with van der Waals surface area (Å²) in [4.78, 5) is 21.8. The average molecular weight is 201 g/mol. The summed E-state index contributed by atoms with van der Waals surface area (Å²) in [5, 5.41) is 2.77. The van der Waals surface area contributed by atoms with Crippen LogP contribution in [0.3, 0.4) is 0 Å². The van der Waals surface area contributed by atoms with Crippen LogP contribution >= 0.6 is 0 Å². The van der Waals surface area contributed by atoms with Crippen molar-refractivity contribution in [3.8, 4) is 0 Å². The third kappa shape index (κ3) is 7.54. The molecule has 0 saturated carbocycles. The molecule has 0 aliphatic heterocycles. The smallest absolute Gasteiger partial charge is 0.233 e. The van der Waals surface area contributed by atoms with Crippen molar-refractivity contribution in [3.63, 3.8) is 0 Å². The summed E-state index contributed by atoms with van der Waals surface area (Å²) in [6.07, 6.45) is 3.29. The Morgan fingerprint density at radius 1 is 1.14 bits per heavy atom. The predicted molar refractivity (Wildman–Crippen MR) is 54.1 cm³/mol. The number of carbonyl (C=O) groups is 2. The van der Waals surface area contributed by atoms with E-state index in [9.17, 15) is 9.59 Å². The fourth-order valence-electron chi connectivity index (χ4n) is 0.975. The van der Waals surface area contributed by atoms with Gasteiger partial charge in [-0.1, -0.05) is 13.3 Å². The number of hydrazine groups is 1. The molecule has 5 heteroatoms. The first-order chi connectivity index (χ1) is 6.70. The normalized spacial score (nSPS) is 9.57. The molecule has 0 aromatic heterocycles. The van der Waals surface area contributed by atoms with E-state index in [0.29, 0.717) is 19.3 Å². The summed E-state index contributed by atoms with van der Waals surface area (Å²) >= 11 is 0. The second kappa shape index (κ2) is 8.50. The monoisotopic (exact) mass is 201 g/mol. The lowest BCUT2D eigenvalue weighted by molar-refractivity contribution is -0.122. The Balaban J connectivity index is 3.31. The molecule has 14 heavy (non-hydrogen) atoms. The van der Waals surface area contributed by atoms with Crippen LogP contribution in [0.4, 0.5) is 0 Å². The number of hydrogen-bond acceptors (Lipinski definition) is 3. The maximum absolute atomic E-state index is 11.1. The molecule has 0 aromatic carbocycles. The molecule has 0 fully saturated rings. The lowest BCUT2D eigenvalue weighted by atomic mass is 10.2. The van der Waals surface area contributed by atoms with Crippen molar-refractivity contribution in [1.82, 2.24) is 10.7 Å². The molecule has 0 spiro atoms. The quantitative estimate of drug-likeness (QED) is 0.236. The van der Waals surface area contributed by atoms with Crippen molar-refractivity contribution in [2.45, 2.75) is 39.0 Å². The number of rotatable bonds is 7. The molecular formula is C9H19N3O2. The van der Waals surface area contributed by atoms with Crippen LogP contribution in [-0.4, -0.2) is 18.4 Å². The molecule has 0 radical (unpaired) electrons.